The molecule has 0 saturated heterocycles. The Morgan fingerprint density at radius 1 is 1.28 bits per heavy atom. The molecule has 0 radical (unpaired) electrons. The van der Waals surface area contributed by atoms with Crippen molar-refractivity contribution < 1.29 is 14.2 Å². The third kappa shape index (κ3) is 7.16. The van der Waals surface area contributed by atoms with E-state index in [1.54, 1.807) is 61.5 Å². The van der Waals surface area contributed by atoms with Gasteiger partial charge < -0.3 is 20.5 Å². The summed E-state index contributed by atoms with van der Waals surface area (Å²) in [4.78, 5) is 8.43. The molecule has 3 rings (SSSR count). The molecule has 3 N–H and O–H groups in total. The Kier molecular flexibility index (Phi) is 9.39. The molecule has 0 saturated carbocycles. The number of aromatic nitrogens is 3. The van der Waals surface area contributed by atoms with Crippen molar-refractivity contribution in [3.05, 3.63) is 72.1 Å². The van der Waals surface area contributed by atoms with Gasteiger partial charge in [0.1, 0.15) is 11.4 Å². The third-order valence-corrected chi connectivity index (χ3v) is 4.55. The van der Waals surface area contributed by atoms with Crippen LogP contribution in [0, 0.1) is 5.82 Å². The number of aryl methyl sites for hydroxylation is 1. The van der Waals surface area contributed by atoms with Gasteiger partial charge in [0.05, 0.1) is 25.5 Å². The van der Waals surface area contributed by atoms with Crippen LogP contribution in [-0.4, -0.2) is 38.9 Å². The highest BCUT2D eigenvalue weighted by atomic mass is 127. The van der Waals surface area contributed by atoms with Crippen LogP contribution >= 0.6 is 24.0 Å². The minimum absolute atomic E-state index is 0. The number of halogens is 2. The van der Waals surface area contributed by atoms with E-state index in [4.69, 9.17) is 4.74 Å². The van der Waals surface area contributed by atoms with Gasteiger partial charge >= 0.3 is 0 Å². The van der Waals surface area contributed by atoms with Crippen molar-refractivity contribution in [1.82, 2.24) is 25.4 Å². The van der Waals surface area contributed by atoms with E-state index >= 15 is 0 Å². The van der Waals surface area contributed by atoms with Gasteiger partial charge in [-0.25, -0.2) is 9.38 Å². The normalized spacial score (nSPS) is 13.1. The first kappa shape index (κ1) is 25.5. The number of pyridine rings is 1. The number of aliphatic imine (C=N–C) groups is 1. The molecular weight excluding hydrogens is 526 g/mol. The molecule has 1 aromatic carbocycles. The molecular formula is C22H28FIN6O2. The molecule has 2 aromatic heterocycles. The Balaban J connectivity index is 0.00000363. The predicted molar refractivity (Wildman–Crippen MR) is 132 cm³/mol. The molecule has 0 aliphatic heterocycles. The van der Waals surface area contributed by atoms with Crippen LogP contribution in [0.25, 0.3) is 0 Å². The number of aliphatic hydroxyl groups is 1. The Morgan fingerprint density at radius 3 is 2.72 bits per heavy atom. The second-order valence-electron chi connectivity index (χ2n) is 7.28. The summed E-state index contributed by atoms with van der Waals surface area (Å²) in [6.45, 7) is 4.79. The van der Waals surface area contributed by atoms with Crippen LogP contribution in [0.2, 0.25) is 0 Å². The highest BCUT2D eigenvalue weighted by Gasteiger charge is 2.25. The first-order valence-electron chi connectivity index (χ1n) is 9.97. The number of hydrogen-bond donors (Lipinski definition) is 3. The van der Waals surface area contributed by atoms with Crippen molar-refractivity contribution in [1.29, 1.82) is 0 Å². The Labute approximate surface area is 204 Å². The van der Waals surface area contributed by atoms with Crippen LogP contribution in [0.15, 0.2) is 60.1 Å². The molecule has 32 heavy (non-hydrogen) atoms. The Morgan fingerprint density at radius 2 is 2.09 bits per heavy atom. The summed E-state index contributed by atoms with van der Waals surface area (Å²) < 4.78 is 21.6. The van der Waals surface area contributed by atoms with Gasteiger partial charge in [0.2, 0.25) is 0 Å². The SMILES string of the molecule is CCNC(=NCc1ccc(Oc2cccnc2)c(F)c1)NCC(C)(O)c1cnn(C)c1.I. The van der Waals surface area contributed by atoms with Crippen LogP contribution in [0.5, 0.6) is 11.5 Å². The summed E-state index contributed by atoms with van der Waals surface area (Å²) in [5.74, 6) is 0.626. The van der Waals surface area contributed by atoms with Gasteiger partial charge in [-0.2, -0.15) is 5.10 Å². The minimum Gasteiger partial charge on any atom is -0.453 e. The molecule has 8 nitrogen and oxygen atoms in total. The van der Waals surface area contributed by atoms with Crippen molar-refractivity contribution >= 4 is 29.9 Å². The fourth-order valence-corrected chi connectivity index (χ4v) is 2.83. The molecule has 10 heteroatoms. The van der Waals surface area contributed by atoms with Gasteiger partial charge in [-0.1, -0.05) is 6.07 Å². The quantitative estimate of drug-likeness (QED) is 0.225. The Hall–Kier alpha value is -2.73. The molecule has 172 valence electrons. The van der Waals surface area contributed by atoms with Gasteiger partial charge in [0.25, 0.3) is 0 Å². The summed E-state index contributed by atoms with van der Waals surface area (Å²) in [6.07, 6.45) is 6.54. The maximum Gasteiger partial charge on any atom is 0.191 e. The average molecular weight is 554 g/mol. The monoisotopic (exact) mass is 554 g/mol. The van der Waals surface area contributed by atoms with E-state index in [9.17, 15) is 9.50 Å². The summed E-state index contributed by atoms with van der Waals surface area (Å²) in [7, 11) is 1.80. The molecule has 0 aliphatic carbocycles. The smallest absolute Gasteiger partial charge is 0.191 e. The fraction of sp³-hybridized carbons (Fsp3) is 0.318. The second kappa shape index (κ2) is 11.8. The predicted octanol–water partition coefficient (Wildman–Crippen LogP) is 3.33. The van der Waals surface area contributed by atoms with Crippen molar-refractivity contribution in [2.24, 2.45) is 12.0 Å². The zero-order valence-corrected chi connectivity index (χ0v) is 20.6. The number of guanidine groups is 1. The van der Waals surface area contributed by atoms with Crippen LogP contribution in [0.3, 0.4) is 0 Å². The first-order valence-corrected chi connectivity index (χ1v) is 9.97. The average Bonchev–Trinajstić information content (AvgIpc) is 3.20. The molecule has 3 aromatic rings. The summed E-state index contributed by atoms with van der Waals surface area (Å²) in [6, 6.07) is 8.15. The van der Waals surface area contributed by atoms with Crippen LogP contribution in [0.4, 0.5) is 4.39 Å². The maximum absolute atomic E-state index is 14.4. The first-order chi connectivity index (χ1) is 14.9. The van der Waals surface area contributed by atoms with Gasteiger partial charge in [-0.3, -0.25) is 9.67 Å². The largest absolute Gasteiger partial charge is 0.453 e. The van der Waals surface area contributed by atoms with E-state index in [2.05, 4.69) is 25.7 Å². The molecule has 0 amide bonds. The number of nitrogens with zero attached hydrogens (tertiary/aromatic N) is 4. The van der Waals surface area contributed by atoms with Crippen molar-refractivity contribution in [3.8, 4) is 11.5 Å². The van der Waals surface area contributed by atoms with Crippen LogP contribution < -0.4 is 15.4 Å². The third-order valence-electron chi connectivity index (χ3n) is 4.55. The highest BCUT2D eigenvalue weighted by molar-refractivity contribution is 14.0. The van der Waals surface area contributed by atoms with Crippen LogP contribution in [-0.2, 0) is 19.2 Å². The molecule has 0 spiro atoms. The lowest BCUT2D eigenvalue weighted by Crippen LogP contribution is -2.44. The minimum atomic E-state index is -1.12. The lowest BCUT2D eigenvalue weighted by molar-refractivity contribution is 0.0616. The summed E-state index contributed by atoms with van der Waals surface area (Å²) in [5.41, 5.74) is 0.263. The molecule has 1 unspecified atom stereocenters. The van der Waals surface area contributed by atoms with E-state index in [1.165, 1.54) is 12.3 Å². The molecule has 2 heterocycles. The summed E-state index contributed by atoms with van der Waals surface area (Å²) >= 11 is 0. The highest BCUT2D eigenvalue weighted by Crippen LogP contribution is 2.24. The van der Waals surface area contributed by atoms with E-state index < -0.39 is 11.4 Å². The fourth-order valence-electron chi connectivity index (χ4n) is 2.83. The van der Waals surface area contributed by atoms with Crippen molar-refractivity contribution in [2.45, 2.75) is 26.0 Å². The number of hydrogen-bond acceptors (Lipinski definition) is 5. The molecule has 0 fully saturated rings. The second-order valence-corrected chi connectivity index (χ2v) is 7.28. The van der Waals surface area contributed by atoms with Crippen molar-refractivity contribution in [3.63, 3.8) is 0 Å². The van der Waals surface area contributed by atoms with Crippen molar-refractivity contribution in [2.75, 3.05) is 13.1 Å². The Bertz CT molecular complexity index is 1030. The van der Waals surface area contributed by atoms with Gasteiger partial charge in [-0.05, 0) is 43.7 Å². The van der Waals surface area contributed by atoms with Gasteiger partial charge in [-0.15, -0.1) is 24.0 Å². The lowest BCUT2D eigenvalue weighted by Gasteiger charge is -2.23. The summed E-state index contributed by atoms with van der Waals surface area (Å²) in [5, 5.41) is 21.1. The lowest BCUT2D eigenvalue weighted by atomic mass is 10.00. The van der Waals surface area contributed by atoms with Gasteiger partial charge in [0.15, 0.2) is 17.5 Å². The number of rotatable bonds is 8. The van der Waals surface area contributed by atoms with E-state index in [0.717, 1.165) is 0 Å². The van der Waals surface area contributed by atoms with Gasteiger partial charge in [0, 0.05) is 31.5 Å². The van der Waals surface area contributed by atoms with E-state index in [-0.39, 0.29) is 42.8 Å². The molecule has 1 atom stereocenters. The number of benzene rings is 1. The zero-order chi connectivity index (χ0) is 22.3. The topological polar surface area (TPSA) is 96.6 Å². The van der Waals surface area contributed by atoms with Crippen LogP contribution in [0.1, 0.15) is 25.0 Å². The molecule has 0 bridgehead atoms. The van der Waals surface area contributed by atoms with E-state index in [0.29, 0.717) is 29.4 Å². The standard InChI is InChI=1S/C22H27FN6O2.HI/c1-4-25-21(27-15-22(2,30)17-12-28-29(3)14-17)26-11-16-7-8-20(19(23)10-16)31-18-6-5-9-24-13-18;/h5-10,12-14,30H,4,11,15H2,1-3H3,(H2,25,26,27);1H. The number of nitrogens with one attached hydrogen (secondary N) is 2. The van der Waals surface area contributed by atoms with E-state index in [1.807, 2.05) is 6.92 Å². The molecule has 0 aliphatic rings. The zero-order valence-electron chi connectivity index (χ0n) is 18.2. The maximum atomic E-state index is 14.4. The number of ether oxygens (including phenoxy) is 1.